The van der Waals surface area contributed by atoms with E-state index in [0.29, 0.717) is 18.5 Å². The molecule has 1 fully saturated rings. The summed E-state index contributed by atoms with van der Waals surface area (Å²) in [7, 11) is 4.32. The molecule has 0 bridgehead atoms. The van der Waals surface area contributed by atoms with Crippen LogP contribution in [0.5, 0.6) is 0 Å². The zero-order chi connectivity index (χ0) is 14.0. The minimum Gasteiger partial charge on any atom is -0.354 e. The van der Waals surface area contributed by atoms with Crippen LogP contribution in [0.4, 0.5) is 5.82 Å². The van der Waals surface area contributed by atoms with Gasteiger partial charge in [-0.15, -0.1) is 0 Å². The lowest BCUT2D eigenvalue weighted by molar-refractivity contribution is 0.266. The summed E-state index contributed by atoms with van der Waals surface area (Å²) < 4.78 is 0. The van der Waals surface area contributed by atoms with Crippen LogP contribution in [0.15, 0.2) is 12.3 Å². The number of pyridine rings is 1. The Hall–Kier alpha value is -1.13. The van der Waals surface area contributed by atoms with E-state index in [1.54, 1.807) is 0 Å². The van der Waals surface area contributed by atoms with Crippen LogP contribution in [-0.4, -0.2) is 49.7 Å². The summed E-state index contributed by atoms with van der Waals surface area (Å²) in [4.78, 5) is 9.39. The molecule has 0 amide bonds. The van der Waals surface area contributed by atoms with Crippen LogP contribution in [-0.2, 0) is 6.42 Å². The topological polar surface area (TPSA) is 45.4 Å². The molecule has 2 N–H and O–H groups in total. The van der Waals surface area contributed by atoms with Crippen molar-refractivity contribution in [3.05, 3.63) is 23.4 Å². The number of anilines is 1. The maximum atomic E-state index is 5.60. The van der Waals surface area contributed by atoms with Crippen molar-refractivity contribution < 1.29 is 0 Å². The van der Waals surface area contributed by atoms with Gasteiger partial charge in [0.15, 0.2) is 0 Å². The third-order valence-electron chi connectivity index (χ3n) is 4.08. The predicted molar refractivity (Wildman–Crippen MR) is 80.6 cm³/mol. The molecule has 1 aliphatic rings. The van der Waals surface area contributed by atoms with Gasteiger partial charge in [-0.2, -0.15) is 0 Å². The van der Waals surface area contributed by atoms with Crippen LogP contribution in [0.3, 0.4) is 0 Å². The normalized spacial score (nSPS) is 23.4. The van der Waals surface area contributed by atoms with E-state index in [-0.39, 0.29) is 0 Å². The van der Waals surface area contributed by atoms with Crippen molar-refractivity contribution in [1.29, 1.82) is 0 Å². The zero-order valence-corrected chi connectivity index (χ0v) is 12.6. The number of likely N-dealkylation sites (N-methyl/N-ethyl adjacent to an activating group) is 1. The summed E-state index contributed by atoms with van der Waals surface area (Å²) >= 11 is 0. The lowest BCUT2D eigenvalue weighted by atomic mass is 10.1. The Bertz CT molecular complexity index is 430. The minimum atomic E-state index is 0.616. The average Bonchev–Trinajstić information content (AvgIpc) is 2.72. The first-order valence-electron chi connectivity index (χ1n) is 7.10. The highest BCUT2D eigenvalue weighted by molar-refractivity contribution is 5.48. The first-order valence-corrected chi connectivity index (χ1v) is 7.10. The van der Waals surface area contributed by atoms with Crippen LogP contribution in [0.25, 0.3) is 0 Å². The van der Waals surface area contributed by atoms with Gasteiger partial charge in [0, 0.05) is 25.3 Å². The molecule has 1 aromatic heterocycles. The van der Waals surface area contributed by atoms with Gasteiger partial charge in [-0.1, -0.05) is 13.0 Å². The Kier molecular flexibility index (Phi) is 4.42. The second-order valence-corrected chi connectivity index (χ2v) is 5.94. The van der Waals surface area contributed by atoms with E-state index in [0.717, 1.165) is 25.3 Å². The number of rotatable bonds is 4. The Morgan fingerprint density at radius 3 is 2.68 bits per heavy atom. The van der Waals surface area contributed by atoms with Gasteiger partial charge < -0.3 is 15.5 Å². The fourth-order valence-electron chi connectivity index (χ4n) is 3.05. The van der Waals surface area contributed by atoms with Gasteiger partial charge in [0.2, 0.25) is 0 Å². The molecule has 106 valence electrons. The summed E-state index contributed by atoms with van der Waals surface area (Å²) in [5.41, 5.74) is 8.09. The first-order chi connectivity index (χ1) is 9.02. The van der Waals surface area contributed by atoms with Crippen molar-refractivity contribution in [3.8, 4) is 0 Å². The fraction of sp³-hybridized carbons (Fsp3) is 0.667. The zero-order valence-electron chi connectivity index (χ0n) is 12.6. The molecule has 0 radical (unpaired) electrons. The molecule has 2 rings (SSSR count). The van der Waals surface area contributed by atoms with E-state index >= 15 is 0 Å². The summed E-state index contributed by atoms with van der Waals surface area (Å²) in [5, 5.41) is 0. The van der Waals surface area contributed by atoms with Gasteiger partial charge in [0.1, 0.15) is 5.82 Å². The van der Waals surface area contributed by atoms with E-state index in [1.807, 2.05) is 6.20 Å². The fourth-order valence-corrected chi connectivity index (χ4v) is 3.05. The van der Waals surface area contributed by atoms with Crippen LogP contribution in [0.1, 0.15) is 18.1 Å². The lowest BCUT2D eigenvalue weighted by Crippen LogP contribution is -2.34. The molecule has 0 saturated carbocycles. The van der Waals surface area contributed by atoms with E-state index in [1.165, 1.54) is 11.1 Å². The molecule has 1 aliphatic heterocycles. The Balaban J connectivity index is 2.15. The van der Waals surface area contributed by atoms with Gasteiger partial charge >= 0.3 is 0 Å². The minimum absolute atomic E-state index is 0.616. The average molecular weight is 262 g/mol. The number of nitrogens with zero attached hydrogens (tertiary/aromatic N) is 3. The predicted octanol–water partition coefficient (Wildman–Crippen LogP) is 1.28. The van der Waals surface area contributed by atoms with Crippen molar-refractivity contribution in [2.75, 3.05) is 38.6 Å². The van der Waals surface area contributed by atoms with Crippen LogP contribution < -0.4 is 10.6 Å². The van der Waals surface area contributed by atoms with Gasteiger partial charge in [-0.05, 0) is 51.0 Å². The van der Waals surface area contributed by atoms with Crippen LogP contribution in [0.2, 0.25) is 0 Å². The van der Waals surface area contributed by atoms with Crippen molar-refractivity contribution in [2.24, 2.45) is 11.7 Å². The van der Waals surface area contributed by atoms with E-state index in [4.69, 9.17) is 5.73 Å². The molecule has 0 aromatic carbocycles. The largest absolute Gasteiger partial charge is 0.354 e. The molecule has 2 atom stereocenters. The Labute approximate surface area is 116 Å². The third kappa shape index (κ3) is 3.07. The standard InChI is InChI=1S/C15H26N4/c1-11-7-13(5-6-16)8-17-15(11)19-9-12(2)14(10-19)18(3)4/h7-8,12,14H,5-6,9-10,16H2,1-4H3. The molecule has 2 heterocycles. The molecule has 0 aliphatic carbocycles. The third-order valence-corrected chi connectivity index (χ3v) is 4.08. The van der Waals surface area contributed by atoms with E-state index in [9.17, 15) is 0 Å². The second-order valence-electron chi connectivity index (χ2n) is 5.94. The highest BCUT2D eigenvalue weighted by Crippen LogP contribution is 2.27. The molecule has 4 nitrogen and oxygen atoms in total. The summed E-state index contributed by atoms with van der Waals surface area (Å²) in [6, 6.07) is 2.84. The molecule has 19 heavy (non-hydrogen) atoms. The molecule has 4 heteroatoms. The van der Waals surface area contributed by atoms with Crippen molar-refractivity contribution in [2.45, 2.75) is 26.3 Å². The first kappa shape index (κ1) is 14.3. The summed E-state index contributed by atoms with van der Waals surface area (Å²) in [5.74, 6) is 1.82. The van der Waals surface area contributed by atoms with Crippen LogP contribution in [0, 0.1) is 12.8 Å². The Morgan fingerprint density at radius 1 is 1.42 bits per heavy atom. The maximum Gasteiger partial charge on any atom is 0.131 e. The van der Waals surface area contributed by atoms with Gasteiger partial charge in [0.25, 0.3) is 0 Å². The molecule has 1 saturated heterocycles. The number of nitrogens with two attached hydrogens (primary N) is 1. The highest BCUT2D eigenvalue weighted by atomic mass is 15.3. The number of hydrogen-bond acceptors (Lipinski definition) is 4. The van der Waals surface area contributed by atoms with Crippen molar-refractivity contribution in [3.63, 3.8) is 0 Å². The smallest absolute Gasteiger partial charge is 0.131 e. The summed E-state index contributed by atoms with van der Waals surface area (Å²) in [6.07, 6.45) is 2.88. The number of aromatic nitrogens is 1. The van der Waals surface area contributed by atoms with Crippen molar-refractivity contribution in [1.82, 2.24) is 9.88 Å². The molecule has 2 unspecified atom stereocenters. The highest BCUT2D eigenvalue weighted by Gasteiger charge is 2.32. The number of aryl methyl sites for hydroxylation is 1. The van der Waals surface area contributed by atoms with Crippen molar-refractivity contribution >= 4 is 5.82 Å². The molecular weight excluding hydrogens is 236 g/mol. The molecule has 1 aromatic rings. The lowest BCUT2D eigenvalue weighted by Gasteiger charge is -2.23. The molecule has 0 spiro atoms. The number of hydrogen-bond donors (Lipinski definition) is 1. The monoisotopic (exact) mass is 262 g/mol. The second kappa shape index (κ2) is 5.88. The maximum absolute atomic E-state index is 5.60. The van der Waals surface area contributed by atoms with Gasteiger partial charge in [-0.25, -0.2) is 4.98 Å². The van der Waals surface area contributed by atoms with Crippen LogP contribution >= 0.6 is 0 Å². The summed E-state index contributed by atoms with van der Waals surface area (Å²) in [6.45, 7) is 7.31. The van der Waals surface area contributed by atoms with E-state index < -0.39 is 0 Å². The van der Waals surface area contributed by atoms with Gasteiger partial charge in [-0.3, -0.25) is 0 Å². The van der Waals surface area contributed by atoms with Gasteiger partial charge in [0.05, 0.1) is 0 Å². The van der Waals surface area contributed by atoms with E-state index in [2.05, 4.69) is 48.8 Å². The SMILES string of the molecule is Cc1cc(CCN)cnc1N1CC(C)C(N(C)C)C1. The molecular formula is C15H26N4. The Morgan fingerprint density at radius 2 is 2.16 bits per heavy atom. The quantitative estimate of drug-likeness (QED) is 0.888.